The molecule has 1 atom stereocenters. The van der Waals surface area contributed by atoms with E-state index in [1.807, 2.05) is 23.2 Å². The van der Waals surface area contributed by atoms with Crippen molar-refractivity contribution in [1.82, 2.24) is 14.9 Å². The van der Waals surface area contributed by atoms with Crippen molar-refractivity contribution < 1.29 is 4.79 Å². The van der Waals surface area contributed by atoms with E-state index in [9.17, 15) is 4.79 Å². The molecule has 1 N–H and O–H groups in total. The number of carbonyl (C=O) groups excluding carboxylic acids is 1. The summed E-state index contributed by atoms with van der Waals surface area (Å²) in [5.41, 5.74) is 3.12. The Morgan fingerprint density at radius 2 is 2.23 bits per heavy atom. The molecule has 1 aliphatic rings. The van der Waals surface area contributed by atoms with E-state index < -0.39 is 0 Å². The monoisotopic (exact) mass is 357 g/mol. The Bertz CT molecular complexity index is 886. The molecule has 0 radical (unpaired) electrons. The van der Waals surface area contributed by atoms with E-state index in [-0.39, 0.29) is 11.9 Å². The Balaban J connectivity index is 1.95. The van der Waals surface area contributed by atoms with Gasteiger partial charge in [-0.3, -0.25) is 9.78 Å². The summed E-state index contributed by atoms with van der Waals surface area (Å²) in [4.78, 5) is 21.9. The highest BCUT2D eigenvalue weighted by atomic mass is 79.9. The number of aromatic nitrogens is 2. The summed E-state index contributed by atoms with van der Waals surface area (Å²) in [5, 5.41) is 2.36. The maximum atomic E-state index is 11.9. The van der Waals surface area contributed by atoms with Gasteiger partial charge in [-0.15, -0.1) is 0 Å². The first-order chi connectivity index (χ1) is 10.6. The maximum absolute atomic E-state index is 11.9. The number of hydrogen-bond donors (Lipinski definition) is 1. The predicted molar refractivity (Wildman–Crippen MR) is 90.7 cm³/mol. The highest BCUT2D eigenvalue weighted by Crippen LogP contribution is 2.36. The molecular formula is C17H16BrN3O. The third-order valence-electron chi connectivity index (χ3n) is 4.48. The highest BCUT2D eigenvalue weighted by molar-refractivity contribution is 9.10. The number of H-pyrrole nitrogens is 1. The van der Waals surface area contributed by atoms with Gasteiger partial charge >= 0.3 is 0 Å². The zero-order valence-electron chi connectivity index (χ0n) is 12.3. The number of likely N-dealkylation sites (tertiary alicyclic amines) is 1. The number of carbonyl (C=O) groups is 1. The van der Waals surface area contributed by atoms with Crippen LogP contribution >= 0.6 is 15.9 Å². The number of amides is 1. The molecule has 5 heteroatoms. The van der Waals surface area contributed by atoms with Crippen molar-refractivity contribution in [2.24, 2.45) is 0 Å². The zero-order valence-corrected chi connectivity index (χ0v) is 13.9. The van der Waals surface area contributed by atoms with Gasteiger partial charge in [-0.1, -0.05) is 22.0 Å². The van der Waals surface area contributed by atoms with Crippen LogP contribution in [0, 0.1) is 0 Å². The molecule has 4 rings (SSSR count). The first kappa shape index (κ1) is 13.8. The summed E-state index contributed by atoms with van der Waals surface area (Å²) in [7, 11) is 0. The van der Waals surface area contributed by atoms with Crippen molar-refractivity contribution >= 4 is 43.6 Å². The largest absolute Gasteiger partial charge is 0.353 e. The van der Waals surface area contributed by atoms with Gasteiger partial charge in [0.15, 0.2) is 0 Å². The average Bonchev–Trinajstić information content (AvgIpc) is 3.10. The van der Waals surface area contributed by atoms with Crippen LogP contribution in [0.5, 0.6) is 0 Å². The first-order valence-electron chi connectivity index (χ1n) is 7.48. The van der Waals surface area contributed by atoms with E-state index in [0.29, 0.717) is 0 Å². The molecule has 0 aliphatic carbocycles. The maximum Gasteiger partial charge on any atom is 0.220 e. The smallest absolute Gasteiger partial charge is 0.220 e. The molecular weight excluding hydrogens is 342 g/mol. The van der Waals surface area contributed by atoms with E-state index >= 15 is 0 Å². The minimum atomic E-state index is 0.0812. The normalized spacial score (nSPS) is 18.5. The predicted octanol–water partition coefficient (Wildman–Crippen LogP) is 4.16. The molecule has 3 aromatic rings. The minimum Gasteiger partial charge on any atom is -0.353 e. The van der Waals surface area contributed by atoms with Crippen molar-refractivity contribution in [3.8, 4) is 0 Å². The average molecular weight is 358 g/mol. The Morgan fingerprint density at radius 3 is 3.05 bits per heavy atom. The van der Waals surface area contributed by atoms with E-state index in [2.05, 4.69) is 38.0 Å². The molecule has 4 nitrogen and oxygen atoms in total. The second-order valence-electron chi connectivity index (χ2n) is 5.80. The third-order valence-corrected chi connectivity index (χ3v) is 4.98. The van der Waals surface area contributed by atoms with Crippen molar-refractivity contribution in [2.45, 2.75) is 25.8 Å². The van der Waals surface area contributed by atoms with Crippen molar-refractivity contribution in [3.05, 3.63) is 40.6 Å². The summed E-state index contributed by atoms with van der Waals surface area (Å²) >= 11 is 3.51. The second kappa shape index (κ2) is 5.09. The Labute approximate surface area is 136 Å². The molecule has 0 spiro atoms. The number of rotatable bonds is 1. The van der Waals surface area contributed by atoms with Crippen LogP contribution in [0.25, 0.3) is 21.8 Å². The van der Waals surface area contributed by atoms with E-state index in [0.717, 1.165) is 40.6 Å². The quantitative estimate of drug-likeness (QED) is 0.710. The zero-order chi connectivity index (χ0) is 15.3. The standard InChI is InChI=1S/C17H16BrN3O/c1-10(22)21-8-2-3-15(21)17-16-13(6-7-19-17)12-5-4-11(18)9-14(12)20-16/h4-7,9,15,20H,2-3,8H2,1H3. The fourth-order valence-corrected chi connectivity index (χ4v) is 3.86. The van der Waals surface area contributed by atoms with Crippen molar-refractivity contribution in [3.63, 3.8) is 0 Å². The van der Waals surface area contributed by atoms with Crippen molar-refractivity contribution in [1.29, 1.82) is 0 Å². The molecule has 1 aromatic carbocycles. The highest BCUT2D eigenvalue weighted by Gasteiger charge is 2.30. The summed E-state index contributed by atoms with van der Waals surface area (Å²) in [6, 6.07) is 8.36. The van der Waals surface area contributed by atoms with Gasteiger partial charge in [0, 0.05) is 40.4 Å². The topological polar surface area (TPSA) is 49.0 Å². The molecule has 1 unspecified atom stereocenters. The summed E-state index contributed by atoms with van der Waals surface area (Å²) < 4.78 is 1.05. The van der Waals surface area contributed by atoms with Gasteiger partial charge in [-0.05, 0) is 31.0 Å². The molecule has 112 valence electrons. The number of halogens is 1. The molecule has 0 bridgehead atoms. The molecule has 22 heavy (non-hydrogen) atoms. The fourth-order valence-electron chi connectivity index (χ4n) is 3.50. The van der Waals surface area contributed by atoms with Gasteiger partial charge in [-0.2, -0.15) is 0 Å². The van der Waals surface area contributed by atoms with Crippen LogP contribution in [0.3, 0.4) is 0 Å². The third kappa shape index (κ3) is 2.03. The molecule has 1 amide bonds. The molecule has 0 saturated carbocycles. The van der Waals surface area contributed by atoms with Gasteiger partial charge in [0.2, 0.25) is 5.91 Å². The number of pyridine rings is 1. The summed E-state index contributed by atoms with van der Waals surface area (Å²) in [6.45, 7) is 2.46. The Morgan fingerprint density at radius 1 is 1.36 bits per heavy atom. The minimum absolute atomic E-state index is 0.0812. The first-order valence-corrected chi connectivity index (χ1v) is 8.27. The van der Waals surface area contributed by atoms with Gasteiger partial charge in [-0.25, -0.2) is 0 Å². The van der Waals surface area contributed by atoms with E-state index in [1.165, 1.54) is 10.8 Å². The second-order valence-corrected chi connectivity index (χ2v) is 6.72. The summed E-state index contributed by atoms with van der Waals surface area (Å²) in [5.74, 6) is 0.125. The molecule has 1 saturated heterocycles. The van der Waals surface area contributed by atoms with Gasteiger partial charge in [0.1, 0.15) is 0 Å². The number of hydrogen-bond acceptors (Lipinski definition) is 2. The fraction of sp³-hybridized carbons (Fsp3) is 0.294. The number of fused-ring (bicyclic) bond motifs is 3. The van der Waals surface area contributed by atoms with Crippen LogP contribution in [0.4, 0.5) is 0 Å². The lowest BCUT2D eigenvalue weighted by Crippen LogP contribution is -2.28. The van der Waals surface area contributed by atoms with Gasteiger partial charge in [0.25, 0.3) is 0 Å². The summed E-state index contributed by atoms with van der Waals surface area (Å²) in [6.07, 6.45) is 3.86. The van der Waals surface area contributed by atoms with Crippen LogP contribution in [0.15, 0.2) is 34.9 Å². The number of nitrogens with zero attached hydrogens (tertiary/aromatic N) is 2. The van der Waals surface area contributed by atoms with Crippen LogP contribution in [-0.2, 0) is 4.79 Å². The van der Waals surface area contributed by atoms with Crippen LogP contribution < -0.4 is 0 Å². The lowest BCUT2D eigenvalue weighted by Gasteiger charge is -2.23. The molecule has 3 heterocycles. The number of aromatic amines is 1. The van der Waals surface area contributed by atoms with E-state index in [1.54, 1.807) is 6.92 Å². The van der Waals surface area contributed by atoms with Crippen LogP contribution in [0.2, 0.25) is 0 Å². The lowest BCUT2D eigenvalue weighted by atomic mass is 10.1. The molecule has 2 aromatic heterocycles. The SMILES string of the molecule is CC(=O)N1CCCC1c1nccc2c1[nH]c1cc(Br)ccc12. The van der Waals surface area contributed by atoms with Gasteiger partial charge in [0.05, 0.1) is 17.3 Å². The molecule has 1 aliphatic heterocycles. The van der Waals surface area contributed by atoms with Crippen molar-refractivity contribution in [2.75, 3.05) is 6.54 Å². The Hall–Kier alpha value is -1.88. The van der Waals surface area contributed by atoms with Gasteiger partial charge < -0.3 is 9.88 Å². The molecule has 1 fully saturated rings. The van der Waals surface area contributed by atoms with E-state index in [4.69, 9.17) is 0 Å². The number of nitrogens with one attached hydrogen (secondary N) is 1. The van der Waals surface area contributed by atoms with Crippen LogP contribution in [0.1, 0.15) is 31.5 Å². The van der Waals surface area contributed by atoms with Crippen LogP contribution in [-0.4, -0.2) is 27.3 Å². The lowest BCUT2D eigenvalue weighted by molar-refractivity contribution is -0.129. The number of benzene rings is 1. The Kier molecular flexibility index (Phi) is 3.18.